The fourth-order valence-corrected chi connectivity index (χ4v) is 3.52. The Morgan fingerprint density at radius 2 is 1.89 bits per heavy atom. The first-order valence-corrected chi connectivity index (χ1v) is 7.29. The SMILES string of the molecule is CC1CCCN(C(=O)NCC2C(C)(C)C2(C)C)C1. The minimum atomic E-state index is 0.139. The third-order valence-corrected chi connectivity index (χ3v) is 5.72. The van der Waals surface area contributed by atoms with Gasteiger partial charge in [0.2, 0.25) is 0 Å². The van der Waals surface area contributed by atoms with Gasteiger partial charge < -0.3 is 10.2 Å². The molecule has 1 saturated carbocycles. The summed E-state index contributed by atoms with van der Waals surface area (Å²) in [6, 6.07) is 0.139. The second-order valence-electron chi connectivity index (χ2n) is 7.38. The molecule has 1 atom stereocenters. The average Bonchev–Trinajstić information content (AvgIpc) is 2.66. The van der Waals surface area contributed by atoms with Gasteiger partial charge in [0.15, 0.2) is 0 Å². The second kappa shape index (κ2) is 4.43. The Labute approximate surface area is 111 Å². The smallest absolute Gasteiger partial charge is 0.317 e. The van der Waals surface area contributed by atoms with Gasteiger partial charge in [0.05, 0.1) is 0 Å². The number of likely N-dealkylation sites (tertiary alicyclic amines) is 1. The van der Waals surface area contributed by atoms with Crippen LogP contribution in [0.15, 0.2) is 0 Å². The van der Waals surface area contributed by atoms with Gasteiger partial charge in [0, 0.05) is 19.6 Å². The molecule has 1 heterocycles. The zero-order valence-electron chi connectivity index (χ0n) is 12.5. The molecule has 0 bridgehead atoms. The lowest BCUT2D eigenvalue weighted by Gasteiger charge is -2.31. The molecule has 1 N–H and O–H groups in total. The van der Waals surface area contributed by atoms with Crippen LogP contribution in [0, 0.1) is 22.7 Å². The van der Waals surface area contributed by atoms with Crippen molar-refractivity contribution >= 4 is 6.03 Å². The van der Waals surface area contributed by atoms with Gasteiger partial charge in [-0.3, -0.25) is 0 Å². The molecule has 0 aromatic heterocycles. The van der Waals surface area contributed by atoms with Gasteiger partial charge in [0.25, 0.3) is 0 Å². The molecule has 0 radical (unpaired) electrons. The molecule has 0 aromatic rings. The van der Waals surface area contributed by atoms with Crippen molar-refractivity contribution in [2.45, 2.75) is 47.5 Å². The van der Waals surface area contributed by atoms with Gasteiger partial charge in [-0.25, -0.2) is 4.79 Å². The molecule has 3 heteroatoms. The quantitative estimate of drug-likeness (QED) is 0.804. The molecule has 1 saturated heterocycles. The number of hydrogen-bond acceptors (Lipinski definition) is 1. The van der Waals surface area contributed by atoms with Gasteiger partial charge in [-0.05, 0) is 35.5 Å². The van der Waals surface area contributed by atoms with Crippen LogP contribution in [0.4, 0.5) is 4.79 Å². The number of hydrogen-bond donors (Lipinski definition) is 1. The van der Waals surface area contributed by atoms with Crippen molar-refractivity contribution in [3.05, 3.63) is 0 Å². The zero-order valence-corrected chi connectivity index (χ0v) is 12.5. The number of nitrogens with zero attached hydrogens (tertiary/aromatic N) is 1. The van der Waals surface area contributed by atoms with Crippen LogP contribution < -0.4 is 5.32 Å². The lowest BCUT2D eigenvalue weighted by Crippen LogP contribution is -2.45. The van der Waals surface area contributed by atoms with Crippen molar-refractivity contribution in [3.8, 4) is 0 Å². The molecule has 0 aromatic carbocycles. The topological polar surface area (TPSA) is 32.3 Å². The molecule has 3 nitrogen and oxygen atoms in total. The fraction of sp³-hybridized carbons (Fsp3) is 0.933. The van der Waals surface area contributed by atoms with Gasteiger partial charge >= 0.3 is 6.03 Å². The monoisotopic (exact) mass is 252 g/mol. The summed E-state index contributed by atoms with van der Waals surface area (Å²) >= 11 is 0. The molecule has 1 aliphatic carbocycles. The molecule has 18 heavy (non-hydrogen) atoms. The maximum atomic E-state index is 12.1. The highest BCUT2D eigenvalue weighted by Crippen LogP contribution is 2.67. The zero-order chi connectivity index (χ0) is 13.6. The molecule has 104 valence electrons. The number of carbonyl (C=O) groups excluding carboxylic acids is 1. The normalized spacial score (nSPS) is 30.1. The minimum absolute atomic E-state index is 0.139. The highest BCUT2D eigenvalue weighted by atomic mass is 16.2. The third kappa shape index (κ3) is 2.24. The number of urea groups is 1. The molecule has 1 aliphatic heterocycles. The van der Waals surface area contributed by atoms with E-state index < -0.39 is 0 Å². The van der Waals surface area contributed by atoms with E-state index in [0.717, 1.165) is 26.1 Å². The minimum Gasteiger partial charge on any atom is -0.338 e. The van der Waals surface area contributed by atoms with E-state index in [1.165, 1.54) is 6.42 Å². The first-order valence-electron chi connectivity index (χ1n) is 7.29. The van der Waals surface area contributed by atoms with Crippen LogP contribution in [0.25, 0.3) is 0 Å². The van der Waals surface area contributed by atoms with Gasteiger partial charge in [0.1, 0.15) is 0 Å². The summed E-state index contributed by atoms with van der Waals surface area (Å²) in [5.74, 6) is 1.26. The third-order valence-electron chi connectivity index (χ3n) is 5.72. The van der Waals surface area contributed by atoms with E-state index in [0.29, 0.717) is 22.7 Å². The fourth-order valence-electron chi connectivity index (χ4n) is 3.52. The van der Waals surface area contributed by atoms with Crippen LogP contribution in [0.2, 0.25) is 0 Å². The predicted octanol–water partition coefficient (Wildman–Crippen LogP) is 3.11. The van der Waals surface area contributed by atoms with E-state index in [-0.39, 0.29) is 6.03 Å². The Balaban J connectivity index is 1.79. The van der Waals surface area contributed by atoms with E-state index in [4.69, 9.17) is 0 Å². The maximum absolute atomic E-state index is 12.1. The van der Waals surface area contributed by atoms with E-state index >= 15 is 0 Å². The first kappa shape index (κ1) is 13.7. The summed E-state index contributed by atoms with van der Waals surface area (Å²) < 4.78 is 0. The lowest BCUT2D eigenvalue weighted by molar-refractivity contribution is 0.169. The van der Waals surface area contributed by atoms with E-state index in [9.17, 15) is 4.79 Å². The van der Waals surface area contributed by atoms with Crippen LogP contribution in [0.5, 0.6) is 0 Å². The Kier molecular flexibility index (Phi) is 3.37. The molecular formula is C15H28N2O. The van der Waals surface area contributed by atoms with Crippen molar-refractivity contribution in [2.75, 3.05) is 19.6 Å². The molecule has 2 fully saturated rings. The highest BCUT2D eigenvalue weighted by Gasteiger charge is 2.64. The first-order chi connectivity index (χ1) is 8.26. The molecular weight excluding hydrogens is 224 g/mol. The predicted molar refractivity (Wildman–Crippen MR) is 74.4 cm³/mol. The number of carbonyl (C=O) groups is 1. The Morgan fingerprint density at radius 1 is 1.28 bits per heavy atom. The van der Waals surface area contributed by atoms with Crippen molar-refractivity contribution in [1.29, 1.82) is 0 Å². The van der Waals surface area contributed by atoms with E-state index in [1.54, 1.807) is 0 Å². The van der Waals surface area contributed by atoms with Crippen LogP contribution in [-0.4, -0.2) is 30.6 Å². The summed E-state index contributed by atoms with van der Waals surface area (Å²) in [5.41, 5.74) is 0.713. The molecule has 1 unspecified atom stereocenters. The van der Waals surface area contributed by atoms with Crippen molar-refractivity contribution in [1.82, 2.24) is 10.2 Å². The summed E-state index contributed by atoms with van der Waals surface area (Å²) in [6.07, 6.45) is 2.40. The standard InChI is InChI=1S/C15H28N2O/c1-11-7-6-8-17(10-11)13(18)16-9-12-14(2,3)15(12,4)5/h11-12H,6-10H2,1-5H3,(H,16,18). The maximum Gasteiger partial charge on any atom is 0.317 e. The Bertz CT molecular complexity index is 321. The number of piperidine rings is 1. The number of nitrogens with one attached hydrogen (secondary N) is 1. The average molecular weight is 252 g/mol. The lowest BCUT2D eigenvalue weighted by atomic mass is 10.0. The molecule has 2 rings (SSSR count). The van der Waals surface area contributed by atoms with Crippen molar-refractivity contribution in [2.24, 2.45) is 22.7 Å². The van der Waals surface area contributed by atoms with Gasteiger partial charge in [-0.1, -0.05) is 34.6 Å². The van der Waals surface area contributed by atoms with Gasteiger partial charge in [-0.15, -0.1) is 0 Å². The van der Waals surface area contributed by atoms with Crippen LogP contribution in [-0.2, 0) is 0 Å². The van der Waals surface area contributed by atoms with Crippen LogP contribution in [0.3, 0.4) is 0 Å². The highest BCUT2D eigenvalue weighted by molar-refractivity contribution is 5.74. The summed E-state index contributed by atoms with van der Waals surface area (Å²) in [7, 11) is 0. The van der Waals surface area contributed by atoms with E-state index in [1.807, 2.05) is 4.90 Å². The Morgan fingerprint density at radius 3 is 2.39 bits per heavy atom. The number of rotatable bonds is 2. The Hall–Kier alpha value is -0.730. The van der Waals surface area contributed by atoms with Crippen LogP contribution >= 0.6 is 0 Å². The van der Waals surface area contributed by atoms with Crippen molar-refractivity contribution < 1.29 is 4.79 Å². The largest absolute Gasteiger partial charge is 0.338 e. The molecule has 2 amide bonds. The van der Waals surface area contributed by atoms with Crippen LogP contribution in [0.1, 0.15) is 47.5 Å². The summed E-state index contributed by atoms with van der Waals surface area (Å²) in [4.78, 5) is 14.1. The number of amides is 2. The molecule has 0 spiro atoms. The van der Waals surface area contributed by atoms with Gasteiger partial charge in [-0.2, -0.15) is 0 Å². The molecule has 2 aliphatic rings. The second-order valence-corrected chi connectivity index (χ2v) is 7.38. The van der Waals surface area contributed by atoms with E-state index in [2.05, 4.69) is 39.9 Å². The summed E-state index contributed by atoms with van der Waals surface area (Å²) in [6.45, 7) is 14.1. The van der Waals surface area contributed by atoms with Crippen molar-refractivity contribution in [3.63, 3.8) is 0 Å². The summed E-state index contributed by atoms with van der Waals surface area (Å²) in [5, 5.41) is 3.13.